The van der Waals surface area contributed by atoms with Gasteiger partial charge in [0, 0.05) is 4.47 Å². The van der Waals surface area contributed by atoms with E-state index in [0.29, 0.717) is 11.5 Å². The lowest BCUT2D eigenvalue weighted by Gasteiger charge is -2.07. The lowest BCUT2D eigenvalue weighted by atomic mass is 10.1. The summed E-state index contributed by atoms with van der Waals surface area (Å²) in [6.45, 7) is -0.130. The van der Waals surface area contributed by atoms with Gasteiger partial charge in [-0.2, -0.15) is 0 Å². The molecule has 3 aromatic carbocycles. The van der Waals surface area contributed by atoms with Crippen LogP contribution in [0.25, 0.3) is 10.8 Å². The highest BCUT2D eigenvalue weighted by Gasteiger charge is 2.07. The van der Waals surface area contributed by atoms with E-state index in [9.17, 15) is 4.79 Å². The third kappa shape index (κ3) is 3.65. The number of hydrogen-bond acceptors (Lipinski definition) is 3. The van der Waals surface area contributed by atoms with Gasteiger partial charge in [0.1, 0.15) is 11.5 Å². The van der Waals surface area contributed by atoms with Gasteiger partial charge in [0.05, 0.1) is 0 Å². The molecule has 0 saturated carbocycles. The van der Waals surface area contributed by atoms with Gasteiger partial charge in [-0.3, -0.25) is 0 Å². The number of benzene rings is 3. The van der Waals surface area contributed by atoms with E-state index < -0.39 is 5.97 Å². The van der Waals surface area contributed by atoms with E-state index in [1.807, 2.05) is 48.5 Å². The monoisotopic (exact) mass is 356 g/mol. The number of carbonyl (C=O) groups excluding carboxylic acids is 1. The Bertz CT molecular complexity index is 797. The second-order valence-corrected chi connectivity index (χ2v) is 5.64. The van der Waals surface area contributed by atoms with Gasteiger partial charge >= 0.3 is 5.97 Å². The zero-order valence-corrected chi connectivity index (χ0v) is 13.2. The summed E-state index contributed by atoms with van der Waals surface area (Å²) in [5.74, 6) is 0.708. The average Bonchev–Trinajstić information content (AvgIpc) is 2.54. The quantitative estimate of drug-likeness (QED) is 0.506. The van der Waals surface area contributed by atoms with Gasteiger partial charge in [-0.05, 0) is 47.2 Å². The van der Waals surface area contributed by atoms with E-state index in [1.165, 1.54) is 0 Å². The maximum absolute atomic E-state index is 11.8. The first-order valence-corrected chi connectivity index (χ1v) is 7.58. The molecule has 0 heterocycles. The van der Waals surface area contributed by atoms with Gasteiger partial charge in [-0.25, -0.2) is 4.79 Å². The average molecular weight is 357 g/mol. The summed E-state index contributed by atoms with van der Waals surface area (Å²) in [6.07, 6.45) is 0. The highest BCUT2D eigenvalue weighted by atomic mass is 79.9. The first-order valence-electron chi connectivity index (χ1n) is 6.78. The molecular weight excluding hydrogens is 344 g/mol. The Morgan fingerprint density at radius 1 is 0.864 bits per heavy atom. The largest absolute Gasteiger partial charge is 0.482 e. The van der Waals surface area contributed by atoms with Crippen LogP contribution in [0, 0.1) is 0 Å². The molecule has 3 nitrogen and oxygen atoms in total. The number of esters is 1. The molecular formula is C18H13BrO3. The van der Waals surface area contributed by atoms with Gasteiger partial charge in [0.15, 0.2) is 6.61 Å². The summed E-state index contributed by atoms with van der Waals surface area (Å²) < 4.78 is 11.6. The van der Waals surface area contributed by atoms with Crippen LogP contribution in [0.15, 0.2) is 71.2 Å². The normalized spacial score (nSPS) is 10.4. The van der Waals surface area contributed by atoms with Crippen LogP contribution in [0.5, 0.6) is 11.5 Å². The molecule has 0 bridgehead atoms. The van der Waals surface area contributed by atoms with Gasteiger partial charge < -0.3 is 9.47 Å². The minimum Gasteiger partial charge on any atom is -0.482 e. The minimum absolute atomic E-state index is 0.130. The van der Waals surface area contributed by atoms with Crippen molar-refractivity contribution in [1.29, 1.82) is 0 Å². The maximum atomic E-state index is 11.8. The Morgan fingerprint density at radius 2 is 1.55 bits per heavy atom. The zero-order valence-electron chi connectivity index (χ0n) is 11.7. The molecule has 0 aliphatic rings. The lowest BCUT2D eigenvalue weighted by molar-refractivity contribution is -0.136. The fraction of sp³-hybridized carbons (Fsp3) is 0.0556. The van der Waals surface area contributed by atoms with Gasteiger partial charge in [0.25, 0.3) is 0 Å². The molecule has 0 atom stereocenters. The van der Waals surface area contributed by atoms with Crippen molar-refractivity contribution in [2.75, 3.05) is 6.61 Å². The number of rotatable bonds is 4. The molecule has 3 rings (SSSR count). The molecule has 0 N–H and O–H groups in total. The highest BCUT2D eigenvalue weighted by Crippen LogP contribution is 2.21. The molecule has 0 radical (unpaired) electrons. The molecule has 3 aromatic rings. The third-order valence-electron chi connectivity index (χ3n) is 3.12. The molecule has 0 unspecified atom stereocenters. The Balaban J connectivity index is 1.61. The van der Waals surface area contributed by atoms with Crippen LogP contribution in [0.1, 0.15) is 0 Å². The number of carbonyl (C=O) groups is 1. The smallest absolute Gasteiger partial charge is 0.349 e. The van der Waals surface area contributed by atoms with E-state index in [4.69, 9.17) is 9.47 Å². The van der Waals surface area contributed by atoms with Crippen LogP contribution in [0.3, 0.4) is 0 Å². The van der Waals surface area contributed by atoms with Crippen LogP contribution in [-0.4, -0.2) is 12.6 Å². The molecule has 22 heavy (non-hydrogen) atoms. The van der Waals surface area contributed by atoms with Crippen molar-refractivity contribution in [3.8, 4) is 11.5 Å². The summed E-state index contributed by atoms with van der Waals surface area (Å²) in [6, 6.07) is 20.7. The van der Waals surface area contributed by atoms with Gasteiger partial charge in [-0.15, -0.1) is 0 Å². The standard InChI is InChI=1S/C18H13BrO3/c19-15-6-9-16(10-7-15)21-12-18(20)22-17-8-5-13-3-1-2-4-14(13)11-17/h1-11H,12H2. The highest BCUT2D eigenvalue weighted by molar-refractivity contribution is 9.10. The van der Waals surface area contributed by atoms with Crippen LogP contribution in [0.4, 0.5) is 0 Å². The molecule has 0 saturated heterocycles. The van der Waals surface area contributed by atoms with E-state index >= 15 is 0 Å². The van der Waals surface area contributed by atoms with Gasteiger partial charge in [-0.1, -0.05) is 46.3 Å². The van der Waals surface area contributed by atoms with Crippen molar-refractivity contribution < 1.29 is 14.3 Å². The van der Waals surface area contributed by atoms with Crippen molar-refractivity contribution in [3.63, 3.8) is 0 Å². The van der Waals surface area contributed by atoms with Crippen LogP contribution in [-0.2, 0) is 4.79 Å². The molecule has 0 spiro atoms. The molecule has 110 valence electrons. The SMILES string of the molecule is O=C(COc1ccc(Br)cc1)Oc1ccc2ccccc2c1. The Kier molecular flexibility index (Phi) is 4.39. The molecule has 0 amide bonds. The van der Waals surface area contributed by atoms with Crippen LogP contribution in [0.2, 0.25) is 0 Å². The molecule has 0 fully saturated rings. The maximum Gasteiger partial charge on any atom is 0.349 e. The predicted molar refractivity (Wildman–Crippen MR) is 89.2 cm³/mol. The summed E-state index contributed by atoms with van der Waals surface area (Å²) in [7, 11) is 0. The molecule has 0 aliphatic carbocycles. The Labute approximate surface area is 136 Å². The second kappa shape index (κ2) is 6.62. The molecule has 4 heteroatoms. The summed E-state index contributed by atoms with van der Waals surface area (Å²) in [5, 5.41) is 2.13. The topological polar surface area (TPSA) is 35.5 Å². The van der Waals surface area contributed by atoms with Crippen molar-refractivity contribution in [2.45, 2.75) is 0 Å². The third-order valence-corrected chi connectivity index (χ3v) is 3.65. The fourth-order valence-electron chi connectivity index (χ4n) is 2.06. The van der Waals surface area contributed by atoms with Crippen LogP contribution >= 0.6 is 15.9 Å². The molecule has 0 aromatic heterocycles. The van der Waals surface area contributed by atoms with Crippen molar-refractivity contribution in [2.24, 2.45) is 0 Å². The van der Waals surface area contributed by atoms with Gasteiger partial charge in [0.2, 0.25) is 0 Å². The fourth-order valence-corrected chi connectivity index (χ4v) is 2.33. The van der Waals surface area contributed by atoms with E-state index in [-0.39, 0.29) is 6.61 Å². The number of fused-ring (bicyclic) bond motifs is 1. The van der Waals surface area contributed by atoms with E-state index in [2.05, 4.69) is 15.9 Å². The number of halogens is 1. The van der Waals surface area contributed by atoms with Crippen LogP contribution < -0.4 is 9.47 Å². The van der Waals surface area contributed by atoms with Crippen molar-refractivity contribution in [3.05, 3.63) is 71.2 Å². The van der Waals surface area contributed by atoms with Crippen molar-refractivity contribution >= 4 is 32.7 Å². The lowest BCUT2D eigenvalue weighted by Crippen LogP contribution is -2.17. The number of ether oxygens (including phenoxy) is 2. The summed E-state index contributed by atoms with van der Waals surface area (Å²) >= 11 is 3.34. The Morgan fingerprint density at radius 3 is 2.32 bits per heavy atom. The summed E-state index contributed by atoms with van der Waals surface area (Å²) in [4.78, 5) is 11.8. The minimum atomic E-state index is -0.432. The second-order valence-electron chi connectivity index (χ2n) is 4.73. The summed E-state index contributed by atoms with van der Waals surface area (Å²) in [5.41, 5.74) is 0. The van der Waals surface area contributed by atoms with E-state index in [0.717, 1.165) is 15.2 Å². The van der Waals surface area contributed by atoms with Crippen molar-refractivity contribution in [1.82, 2.24) is 0 Å². The Hall–Kier alpha value is -2.33. The predicted octanol–water partition coefficient (Wildman–Crippen LogP) is 4.59. The van der Waals surface area contributed by atoms with E-state index in [1.54, 1.807) is 18.2 Å². The first-order chi connectivity index (χ1) is 10.7. The molecule has 0 aliphatic heterocycles. The first kappa shape index (κ1) is 14.6. The number of hydrogen-bond donors (Lipinski definition) is 0. The zero-order chi connectivity index (χ0) is 15.4.